The van der Waals surface area contributed by atoms with E-state index in [1.54, 1.807) is 0 Å². The van der Waals surface area contributed by atoms with Crippen molar-refractivity contribution in [2.24, 2.45) is 5.92 Å². The van der Waals surface area contributed by atoms with E-state index in [1.165, 1.54) is 18.4 Å². The van der Waals surface area contributed by atoms with E-state index in [0.717, 1.165) is 36.2 Å². The molecular weight excluding hydrogens is 308 g/mol. The molecule has 1 aliphatic heterocycles. The Morgan fingerprint density at radius 3 is 2.72 bits per heavy atom. The van der Waals surface area contributed by atoms with Crippen LogP contribution in [0.25, 0.3) is 0 Å². The summed E-state index contributed by atoms with van der Waals surface area (Å²) in [6, 6.07) is 17.6. The summed E-state index contributed by atoms with van der Waals surface area (Å²) in [6.07, 6.45) is 4.52. The number of hydrogen-bond acceptors (Lipinski definition) is 2. The van der Waals surface area contributed by atoms with E-state index < -0.39 is 0 Å². The van der Waals surface area contributed by atoms with Crippen LogP contribution in [0.3, 0.4) is 0 Å². The fourth-order valence-electron chi connectivity index (χ4n) is 4.46. The fourth-order valence-corrected chi connectivity index (χ4v) is 4.46. The van der Waals surface area contributed by atoms with Gasteiger partial charge in [-0.25, -0.2) is 0 Å². The van der Waals surface area contributed by atoms with Crippen LogP contribution in [-0.4, -0.2) is 18.5 Å². The standard InChI is InChI=1S/C22H26N2O/c1-15-11-18(16-5-3-2-4-6-16)13-20(12-15)24-19-8-7-17-9-10-23-22(25)21(17)14-19/h2-8,14-15,18,20,24H,9-13H2,1H3,(H,23,25). The Hall–Kier alpha value is -2.29. The second-order valence-electron chi connectivity index (χ2n) is 7.64. The fraction of sp³-hybridized carbons (Fsp3) is 0.409. The normalized spacial score (nSPS) is 25.8. The van der Waals surface area contributed by atoms with Gasteiger partial charge in [0, 0.05) is 23.8 Å². The van der Waals surface area contributed by atoms with Crippen molar-refractivity contribution in [1.29, 1.82) is 0 Å². The Balaban J connectivity index is 1.50. The van der Waals surface area contributed by atoms with Crippen molar-refractivity contribution in [3.05, 3.63) is 65.2 Å². The molecule has 3 atom stereocenters. The first kappa shape index (κ1) is 16.2. The molecule has 0 saturated heterocycles. The third kappa shape index (κ3) is 3.55. The van der Waals surface area contributed by atoms with Crippen LogP contribution >= 0.6 is 0 Å². The summed E-state index contributed by atoms with van der Waals surface area (Å²) >= 11 is 0. The van der Waals surface area contributed by atoms with Crippen molar-refractivity contribution < 1.29 is 4.79 Å². The smallest absolute Gasteiger partial charge is 0.251 e. The minimum Gasteiger partial charge on any atom is -0.382 e. The summed E-state index contributed by atoms with van der Waals surface area (Å²) in [4.78, 5) is 12.1. The predicted octanol–water partition coefficient (Wildman–Crippen LogP) is 4.36. The van der Waals surface area contributed by atoms with E-state index in [-0.39, 0.29) is 5.91 Å². The number of hydrogen-bond donors (Lipinski definition) is 2. The van der Waals surface area contributed by atoms with E-state index >= 15 is 0 Å². The molecule has 130 valence electrons. The number of nitrogens with one attached hydrogen (secondary N) is 2. The van der Waals surface area contributed by atoms with Crippen LogP contribution in [0.2, 0.25) is 0 Å². The van der Waals surface area contributed by atoms with Crippen molar-refractivity contribution in [3.8, 4) is 0 Å². The second-order valence-corrected chi connectivity index (χ2v) is 7.64. The highest BCUT2D eigenvalue weighted by Gasteiger charge is 2.27. The Labute approximate surface area is 149 Å². The highest BCUT2D eigenvalue weighted by Crippen LogP contribution is 2.37. The van der Waals surface area contributed by atoms with Gasteiger partial charge in [-0.15, -0.1) is 0 Å². The van der Waals surface area contributed by atoms with Crippen LogP contribution in [-0.2, 0) is 6.42 Å². The van der Waals surface area contributed by atoms with Crippen LogP contribution in [0.4, 0.5) is 5.69 Å². The van der Waals surface area contributed by atoms with Gasteiger partial charge < -0.3 is 10.6 Å². The summed E-state index contributed by atoms with van der Waals surface area (Å²) < 4.78 is 0. The molecule has 3 nitrogen and oxygen atoms in total. The minimum atomic E-state index is 0.0593. The first-order valence-corrected chi connectivity index (χ1v) is 9.41. The van der Waals surface area contributed by atoms with E-state index in [0.29, 0.717) is 17.9 Å². The van der Waals surface area contributed by atoms with E-state index in [1.807, 2.05) is 6.07 Å². The second kappa shape index (κ2) is 6.91. The average Bonchev–Trinajstić information content (AvgIpc) is 2.63. The third-order valence-electron chi connectivity index (χ3n) is 5.62. The van der Waals surface area contributed by atoms with E-state index in [9.17, 15) is 4.79 Å². The van der Waals surface area contributed by atoms with Crippen LogP contribution in [0.5, 0.6) is 0 Å². The largest absolute Gasteiger partial charge is 0.382 e. The first-order valence-electron chi connectivity index (χ1n) is 9.41. The lowest BCUT2D eigenvalue weighted by molar-refractivity contribution is 0.0946. The molecule has 3 unspecified atom stereocenters. The average molecular weight is 334 g/mol. The lowest BCUT2D eigenvalue weighted by Crippen LogP contribution is -2.33. The molecule has 0 bridgehead atoms. The van der Waals surface area contributed by atoms with Crippen LogP contribution < -0.4 is 10.6 Å². The zero-order valence-corrected chi connectivity index (χ0v) is 14.8. The van der Waals surface area contributed by atoms with Gasteiger partial charge >= 0.3 is 0 Å². The Morgan fingerprint density at radius 1 is 1.04 bits per heavy atom. The van der Waals surface area contributed by atoms with Gasteiger partial charge in [0.25, 0.3) is 5.91 Å². The molecule has 2 aromatic carbocycles. The molecule has 4 rings (SSSR count). The number of carbonyl (C=O) groups excluding carboxylic acids is 1. The van der Waals surface area contributed by atoms with Gasteiger partial charge in [0.05, 0.1) is 0 Å². The molecule has 1 aliphatic carbocycles. The minimum absolute atomic E-state index is 0.0593. The van der Waals surface area contributed by atoms with Crippen molar-refractivity contribution in [3.63, 3.8) is 0 Å². The number of rotatable bonds is 3. The number of amides is 1. The lowest BCUT2D eigenvalue weighted by atomic mass is 9.76. The molecule has 25 heavy (non-hydrogen) atoms. The summed E-state index contributed by atoms with van der Waals surface area (Å²) in [5.74, 6) is 1.38. The van der Waals surface area contributed by atoms with Crippen LogP contribution in [0.1, 0.15) is 53.6 Å². The maximum Gasteiger partial charge on any atom is 0.251 e. The zero-order valence-electron chi connectivity index (χ0n) is 14.8. The molecular formula is C22H26N2O. The van der Waals surface area contributed by atoms with Gasteiger partial charge in [-0.3, -0.25) is 4.79 Å². The molecule has 2 N–H and O–H groups in total. The number of carbonyl (C=O) groups is 1. The van der Waals surface area contributed by atoms with Gasteiger partial charge in [-0.1, -0.05) is 43.3 Å². The molecule has 2 aliphatic rings. The van der Waals surface area contributed by atoms with Gasteiger partial charge in [-0.2, -0.15) is 0 Å². The predicted molar refractivity (Wildman–Crippen MR) is 102 cm³/mol. The maximum absolute atomic E-state index is 12.1. The SMILES string of the molecule is CC1CC(Nc2ccc3c(c2)C(=O)NCC3)CC(c2ccccc2)C1. The Morgan fingerprint density at radius 2 is 1.88 bits per heavy atom. The van der Waals surface area contributed by atoms with Gasteiger partial charge in [0.15, 0.2) is 0 Å². The quantitative estimate of drug-likeness (QED) is 0.876. The molecule has 1 amide bonds. The summed E-state index contributed by atoms with van der Waals surface area (Å²) in [7, 11) is 0. The van der Waals surface area contributed by atoms with Gasteiger partial charge in [-0.05, 0) is 60.8 Å². The first-order chi connectivity index (χ1) is 12.2. The molecule has 1 heterocycles. The highest BCUT2D eigenvalue weighted by molar-refractivity contribution is 5.97. The van der Waals surface area contributed by atoms with Crippen LogP contribution in [0.15, 0.2) is 48.5 Å². The van der Waals surface area contributed by atoms with Crippen molar-refractivity contribution in [1.82, 2.24) is 5.32 Å². The zero-order chi connectivity index (χ0) is 17.2. The molecule has 1 saturated carbocycles. The lowest BCUT2D eigenvalue weighted by Gasteiger charge is -2.35. The molecule has 0 spiro atoms. The number of benzene rings is 2. The summed E-state index contributed by atoms with van der Waals surface area (Å²) in [5, 5.41) is 6.64. The molecule has 3 heteroatoms. The maximum atomic E-state index is 12.1. The molecule has 0 aromatic heterocycles. The third-order valence-corrected chi connectivity index (χ3v) is 5.62. The van der Waals surface area contributed by atoms with Gasteiger partial charge in [0.1, 0.15) is 0 Å². The Bertz CT molecular complexity index is 756. The van der Waals surface area contributed by atoms with Crippen molar-refractivity contribution in [2.45, 2.75) is 44.6 Å². The topological polar surface area (TPSA) is 41.1 Å². The summed E-state index contributed by atoms with van der Waals surface area (Å²) in [6.45, 7) is 3.10. The molecule has 2 aromatic rings. The van der Waals surface area contributed by atoms with Crippen LogP contribution in [0, 0.1) is 5.92 Å². The molecule has 0 radical (unpaired) electrons. The van der Waals surface area contributed by atoms with E-state index in [4.69, 9.17) is 0 Å². The summed E-state index contributed by atoms with van der Waals surface area (Å²) in [5.41, 5.74) is 4.51. The highest BCUT2D eigenvalue weighted by atomic mass is 16.1. The van der Waals surface area contributed by atoms with E-state index in [2.05, 4.69) is 60.0 Å². The monoisotopic (exact) mass is 334 g/mol. The Kier molecular flexibility index (Phi) is 4.48. The van der Waals surface area contributed by atoms with Gasteiger partial charge in [0.2, 0.25) is 0 Å². The van der Waals surface area contributed by atoms with Crippen molar-refractivity contribution >= 4 is 11.6 Å². The van der Waals surface area contributed by atoms with Crippen molar-refractivity contribution in [2.75, 3.05) is 11.9 Å². The number of fused-ring (bicyclic) bond motifs is 1. The molecule has 1 fully saturated rings. The number of anilines is 1.